The Balaban J connectivity index is 1.85. The minimum Gasteiger partial charge on any atom is -0.496 e. The SMILES string of the molecule is COc1ccc(Cl)cc1C(O)C1C2CCCC21. The van der Waals surface area contributed by atoms with E-state index in [1.807, 2.05) is 12.1 Å². The van der Waals surface area contributed by atoms with Crippen LogP contribution in [0, 0.1) is 17.8 Å². The Bertz CT molecular complexity index is 422. The molecule has 0 bridgehead atoms. The zero-order valence-corrected chi connectivity index (χ0v) is 10.7. The summed E-state index contributed by atoms with van der Waals surface area (Å²) in [6.45, 7) is 0. The fraction of sp³-hybridized carbons (Fsp3) is 0.571. The Morgan fingerprint density at radius 1 is 1.35 bits per heavy atom. The maximum Gasteiger partial charge on any atom is 0.124 e. The highest BCUT2D eigenvalue weighted by atomic mass is 35.5. The molecule has 0 aromatic heterocycles. The molecule has 1 aromatic rings. The van der Waals surface area contributed by atoms with E-state index in [9.17, 15) is 5.11 Å². The van der Waals surface area contributed by atoms with Gasteiger partial charge < -0.3 is 9.84 Å². The molecule has 2 fully saturated rings. The summed E-state index contributed by atoms with van der Waals surface area (Å²) in [5, 5.41) is 11.1. The Labute approximate surface area is 107 Å². The smallest absolute Gasteiger partial charge is 0.124 e. The number of benzene rings is 1. The van der Waals surface area contributed by atoms with Crippen molar-refractivity contribution in [3.63, 3.8) is 0 Å². The van der Waals surface area contributed by atoms with Crippen molar-refractivity contribution in [2.75, 3.05) is 7.11 Å². The fourth-order valence-corrected chi connectivity index (χ4v) is 3.67. The van der Waals surface area contributed by atoms with Gasteiger partial charge in [0, 0.05) is 10.6 Å². The predicted octanol–water partition coefficient (Wildman–Crippen LogP) is 3.43. The molecular weight excluding hydrogens is 236 g/mol. The molecule has 0 heterocycles. The van der Waals surface area contributed by atoms with E-state index in [2.05, 4.69) is 0 Å². The van der Waals surface area contributed by atoms with Crippen LogP contribution in [0.4, 0.5) is 0 Å². The number of ether oxygens (including phenoxy) is 1. The van der Waals surface area contributed by atoms with Gasteiger partial charge in [-0.1, -0.05) is 18.0 Å². The molecule has 0 spiro atoms. The monoisotopic (exact) mass is 252 g/mol. The minimum atomic E-state index is -0.418. The summed E-state index contributed by atoms with van der Waals surface area (Å²) < 4.78 is 5.30. The van der Waals surface area contributed by atoms with E-state index in [0.29, 0.717) is 10.9 Å². The molecule has 17 heavy (non-hydrogen) atoms. The van der Waals surface area contributed by atoms with Crippen LogP contribution in [0.3, 0.4) is 0 Å². The Kier molecular flexibility index (Phi) is 2.80. The maximum atomic E-state index is 10.5. The van der Waals surface area contributed by atoms with Crippen LogP contribution in [0.15, 0.2) is 18.2 Å². The third-order valence-corrected chi connectivity index (χ3v) is 4.58. The van der Waals surface area contributed by atoms with Crippen molar-refractivity contribution in [1.29, 1.82) is 0 Å². The van der Waals surface area contributed by atoms with Crippen molar-refractivity contribution in [2.45, 2.75) is 25.4 Å². The van der Waals surface area contributed by atoms with Gasteiger partial charge in [-0.3, -0.25) is 0 Å². The van der Waals surface area contributed by atoms with Crippen LogP contribution in [-0.2, 0) is 0 Å². The topological polar surface area (TPSA) is 29.5 Å². The number of fused-ring (bicyclic) bond motifs is 1. The highest BCUT2D eigenvalue weighted by molar-refractivity contribution is 6.30. The molecule has 3 atom stereocenters. The quantitative estimate of drug-likeness (QED) is 0.893. The molecule has 3 unspecified atom stereocenters. The molecule has 92 valence electrons. The molecule has 1 aromatic carbocycles. The first-order valence-electron chi connectivity index (χ1n) is 6.24. The Morgan fingerprint density at radius 3 is 2.71 bits per heavy atom. The van der Waals surface area contributed by atoms with Crippen LogP contribution in [0.2, 0.25) is 5.02 Å². The minimum absolute atomic E-state index is 0.418. The first kappa shape index (κ1) is 11.4. The molecule has 0 aliphatic heterocycles. The van der Waals surface area contributed by atoms with E-state index in [-0.39, 0.29) is 0 Å². The number of rotatable bonds is 3. The van der Waals surface area contributed by atoms with Gasteiger partial charge in [0.15, 0.2) is 0 Å². The third kappa shape index (κ3) is 1.84. The van der Waals surface area contributed by atoms with Gasteiger partial charge in [-0.15, -0.1) is 0 Å². The second-order valence-corrected chi connectivity index (χ2v) is 5.60. The third-order valence-electron chi connectivity index (χ3n) is 4.35. The summed E-state index contributed by atoms with van der Waals surface area (Å²) in [7, 11) is 1.63. The van der Waals surface area contributed by atoms with Gasteiger partial charge in [-0.05, 0) is 48.8 Å². The molecule has 2 aliphatic rings. The molecule has 3 rings (SSSR count). The summed E-state index contributed by atoms with van der Waals surface area (Å²) >= 11 is 6.00. The lowest BCUT2D eigenvalue weighted by molar-refractivity contribution is 0.133. The first-order valence-corrected chi connectivity index (χ1v) is 6.61. The number of halogens is 1. The predicted molar refractivity (Wildman–Crippen MR) is 67.3 cm³/mol. The largest absolute Gasteiger partial charge is 0.496 e. The van der Waals surface area contributed by atoms with Crippen molar-refractivity contribution >= 4 is 11.6 Å². The van der Waals surface area contributed by atoms with Gasteiger partial charge in [0.1, 0.15) is 5.75 Å². The zero-order chi connectivity index (χ0) is 12.0. The second kappa shape index (κ2) is 4.18. The summed E-state index contributed by atoms with van der Waals surface area (Å²) in [4.78, 5) is 0. The normalized spacial score (nSPS) is 32.1. The molecule has 0 saturated heterocycles. The van der Waals surface area contributed by atoms with E-state index in [4.69, 9.17) is 16.3 Å². The molecule has 2 nitrogen and oxygen atoms in total. The number of aliphatic hydroxyl groups excluding tert-OH is 1. The average Bonchev–Trinajstić information content (AvgIpc) is 2.81. The first-order chi connectivity index (χ1) is 8.22. The maximum absolute atomic E-state index is 10.5. The Hall–Kier alpha value is -0.730. The molecule has 0 amide bonds. The van der Waals surface area contributed by atoms with Gasteiger partial charge >= 0.3 is 0 Å². The highest BCUT2D eigenvalue weighted by Crippen LogP contribution is 2.62. The van der Waals surface area contributed by atoms with E-state index >= 15 is 0 Å². The summed E-state index contributed by atoms with van der Waals surface area (Å²) in [6, 6.07) is 5.46. The van der Waals surface area contributed by atoms with Crippen LogP contribution >= 0.6 is 11.6 Å². The van der Waals surface area contributed by atoms with Crippen LogP contribution < -0.4 is 4.74 Å². The van der Waals surface area contributed by atoms with E-state index in [0.717, 1.165) is 23.1 Å². The van der Waals surface area contributed by atoms with E-state index in [1.165, 1.54) is 19.3 Å². The van der Waals surface area contributed by atoms with Gasteiger partial charge in [0.05, 0.1) is 13.2 Å². The van der Waals surface area contributed by atoms with Gasteiger partial charge in [0.25, 0.3) is 0 Å². The lowest BCUT2D eigenvalue weighted by Gasteiger charge is -2.16. The summed E-state index contributed by atoms with van der Waals surface area (Å²) in [5.74, 6) is 2.63. The van der Waals surface area contributed by atoms with Crippen molar-refractivity contribution in [2.24, 2.45) is 17.8 Å². The van der Waals surface area contributed by atoms with E-state index in [1.54, 1.807) is 13.2 Å². The molecule has 0 radical (unpaired) electrons. The van der Waals surface area contributed by atoms with E-state index < -0.39 is 6.10 Å². The van der Waals surface area contributed by atoms with Crippen molar-refractivity contribution in [3.05, 3.63) is 28.8 Å². The zero-order valence-electron chi connectivity index (χ0n) is 9.90. The molecular formula is C14H17ClO2. The molecule has 2 saturated carbocycles. The number of methoxy groups -OCH3 is 1. The van der Waals surface area contributed by atoms with Crippen LogP contribution in [-0.4, -0.2) is 12.2 Å². The number of aliphatic hydroxyl groups is 1. The molecule has 2 aliphatic carbocycles. The van der Waals surface area contributed by atoms with Gasteiger partial charge in [0.2, 0.25) is 0 Å². The standard InChI is InChI=1S/C14H17ClO2/c1-17-12-6-5-8(15)7-11(12)14(16)13-9-3-2-4-10(9)13/h5-7,9-10,13-14,16H,2-4H2,1H3. The van der Waals surface area contributed by atoms with Crippen molar-refractivity contribution in [3.8, 4) is 5.75 Å². The van der Waals surface area contributed by atoms with Crippen LogP contribution in [0.1, 0.15) is 30.9 Å². The second-order valence-electron chi connectivity index (χ2n) is 5.17. The lowest BCUT2D eigenvalue weighted by atomic mass is 9.99. The molecule has 3 heteroatoms. The van der Waals surface area contributed by atoms with Crippen molar-refractivity contribution in [1.82, 2.24) is 0 Å². The number of hydrogen-bond donors (Lipinski definition) is 1. The summed E-state index contributed by atoms with van der Waals surface area (Å²) in [6.07, 6.45) is 3.45. The van der Waals surface area contributed by atoms with Crippen LogP contribution in [0.25, 0.3) is 0 Å². The van der Waals surface area contributed by atoms with Gasteiger partial charge in [-0.2, -0.15) is 0 Å². The Morgan fingerprint density at radius 2 is 2.06 bits per heavy atom. The number of hydrogen-bond acceptors (Lipinski definition) is 2. The highest BCUT2D eigenvalue weighted by Gasteiger charge is 2.56. The molecule has 1 N–H and O–H groups in total. The fourth-order valence-electron chi connectivity index (χ4n) is 3.49. The van der Waals surface area contributed by atoms with Gasteiger partial charge in [-0.25, -0.2) is 0 Å². The van der Waals surface area contributed by atoms with Crippen LogP contribution in [0.5, 0.6) is 5.75 Å². The lowest BCUT2D eigenvalue weighted by Crippen LogP contribution is -2.06. The average molecular weight is 253 g/mol. The summed E-state index contributed by atoms with van der Waals surface area (Å²) in [5.41, 5.74) is 0.847. The van der Waals surface area contributed by atoms with Crippen molar-refractivity contribution < 1.29 is 9.84 Å².